The van der Waals surface area contributed by atoms with Crippen molar-refractivity contribution in [2.24, 2.45) is 0 Å². The smallest absolute Gasteiger partial charge is 0.272 e. The molecule has 2 amide bonds. The number of rotatable bonds is 9. The quantitative estimate of drug-likeness (QED) is 0.131. The van der Waals surface area contributed by atoms with Crippen molar-refractivity contribution in [2.75, 3.05) is 11.1 Å². The number of thioether (sulfide) groups is 1. The Kier molecular flexibility index (Phi) is 9.25. The van der Waals surface area contributed by atoms with Crippen molar-refractivity contribution in [3.05, 3.63) is 136 Å². The van der Waals surface area contributed by atoms with Crippen LogP contribution in [0, 0.1) is 11.6 Å². The first-order chi connectivity index (χ1) is 18.8. The van der Waals surface area contributed by atoms with Gasteiger partial charge in [-0.1, -0.05) is 41.9 Å². The molecule has 0 radical (unpaired) electrons. The predicted octanol–water partition coefficient (Wildman–Crippen LogP) is 7.00. The van der Waals surface area contributed by atoms with Gasteiger partial charge in [0.1, 0.15) is 17.3 Å². The van der Waals surface area contributed by atoms with E-state index in [-0.39, 0.29) is 27.8 Å². The lowest BCUT2D eigenvalue weighted by atomic mass is 10.1. The van der Waals surface area contributed by atoms with Crippen molar-refractivity contribution in [1.29, 1.82) is 0 Å². The summed E-state index contributed by atoms with van der Waals surface area (Å²) in [5.74, 6) is -2.42. The second-order valence-electron chi connectivity index (χ2n) is 8.21. The van der Waals surface area contributed by atoms with E-state index in [1.54, 1.807) is 54.6 Å². The summed E-state index contributed by atoms with van der Waals surface area (Å²) in [6.07, 6.45) is 1.17. The SMILES string of the molecule is O=C(Nc1cccc(SCC(=O)c2ccc(F)cc2)c1)/C(=C/c1c(F)cccc1Cl)NC(=O)c1ccccc1. The standard InChI is InChI=1S/C30H21ClF2N2O3S/c31-25-10-5-11-26(33)24(25)17-27(35-29(37)20-6-2-1-3-7-20)30(38)34-22-8-4-9-23(16-22)39-18-28(36)19-12-14-21(32)15-13-19/h1-17H,18H2,(H,34,38)(H,35,37)/b27-17-. The average molecular weight is 563 g/mol. The van der Waals surface area contributed by atoms with Crippen molar-refractivity contribution in [3.8, 4) is 0 Å². The Morgan fingerprint density at radius 2 is 1.54 bits per heavy atom. The summed E-state index contributed by atoms with van der Waals surface area (Å²) < 4.78 is 27.6. The summed E-state index contributed by atoms with van der Waals surface area (Å²) in [5, 5.41) is 5.31. The van der Waals surface area contributed by atoms with Gasteiger partial charge in [0.15, 0.2) is 5.78 Å². The molecule has 0 aliphatic heterocycles. The highest BCUT2D eigenvalue weighted by molar-refractivity contribution is 8.00. The third-order valence-electron chi connectivity index (χ3n) is 5.45. The first-order valence-corrected chi connectivity index (χ1v) is 13.0. The molecule has 0 heterocycles. The molecular formula is C30H21ClF2N2O3S. The second kappa shape index (κ2) is 13.0. The maximum Gasteiger partial charge on any atom is 0.272 e. The number of halogens is 3. The molecule has 0 aliphatic carbocycles. The molecule has 0 saturated carbocycles. The monoisotopic (exact) mass is 562 g/mol. The second-order valence-corrected chi connectivity index (χ2v) is 9.67. The molecule has 0 bridgehead atoms. The molecule has 0 saturated heterocycles. The molecule has 4 rings (SSSR count). The minimum atomic E-state index is -0.705. The van der Waals surface area contributed by atoms with Gasteiger partial charge in [-0.3, -0.25) is 14.4 Å². The number of amides is 2. The van der Waals surface area contributed by atoms with E-state index in [0.717, 1.165) is 0 Å². The van der Waals surface area contributed by atoms with E-state index in [4.69, 9.17) is 11.6 Å². The fraction of sp³-hybridized carbons (Fsp3) is 0.0333. The predicted molar refractivity (Wildman–Crippen MR) is 150 cm³/mol. The lowest BCUT2D eigenvalue weighted by molar-refractivity contribution is -0.113. The molecule has 4 aromatic rings. The van der Waals surface area contributed by atoms with Gasteiger partial charge in [-0.25, -0.2) is 8.78 Å². The average Bonchev–Trinajstić information content (AvgIpc) is 2.94. The topological polar surface area (TPSA) is 75.3 Å². The van der Waals surface area contributed by atoms with Gasteiger partial charge in [-0.2, -0.15) is 0 Å². The summed E-state index contributed by atoms with van der Waals surface area (Å²) in [7, 11) is 0. The summed E-state index contributed by atoms with van der Waals surface area (Å²) in [5.41, 5.74) is 0.810. The number of carbonyl (C=O) groups excluding carboxylic acids is 3. The third kappa shape index (κ3) is 7.63. The highest BCUT2D eigenvalue weighted by Crippen LogP contribution is 2.25. The van der Waals surface area contributed by atoms with Crippen LogP contribution in [0.2, 0.25) is 5.02 Å². The Bertz CT molecular complexity index is 1520. The Labute approximate surface area is 232 Å². The lowest BCUT2D eigenvalue weighted by Gasteiger charge is -2.13. The molecule has 0 spiro atoms. The molecule has 5 nitrogen and oxygen atoms in total. The van der Waals surface area contributed by atoms with E-state index < -0.39 is 23.4 Å². The zero-order valence-corrected chi connectivity index (χ0v) is 21.9. The Hall–Kier alpha value is -4.27. The van der Waals surface area contributed by atoms with Gasteiger partial charge in [0.25, 0.3) is 11.8 Å². The first kappa shape index (κ1) is 27.8. The van der Waals surface area contributed by atoms with Crippen LogP contribution < -0.4 is 10.6 Å². The van der Waals surface area contributed by atoms with Gasteiger partial charge in [-0.05, 0) is 72.8 Å². The molecule has 0 fully saturated rings. The van der Waals surface area contributed by atoms with Crippen LogP contribution >= 0.6 is 23.4 Å². The number of benzene rings is 4. The highest BCUT2D eigenvalue weighted by Gasteiger charge is 2.17. The van der Waals surface area contributed by atoms with Crippen molar-refractivity contribution in [3.63, 3.8) is 0 Å². The van der Waals surface area contributed by atoms with Gasteiger partial charge in [-0.15, -0.1) is 11.8 Å². The highest BCUT2D eigenvalue weighted by atomic mass is 35.5. The first-order valence-electron chi connectivity index (χ1n) is 11.7. The van der Waals surface area contributed by atoms with Crippen LogP contribution in [0.25, 0.3) is 6.08 Å². The van der Waals surface area contributed by atoms with E-state index in [2.05, 4.69) is 10.6 Å². The van der Waals surface area contributed by atoms with Crippen molar-refractivity contribution in [2.45, 2.75) is 4.90 Å². The fourth-order valence-corrected chi connectivity index (χ4v) is 4.53. The number of hydrogen-bond donors (Lipinski definition) is 2. The Morgan fingerprint density at radius 3 is 2.26 bits per heavy atom. The summed E-state index contributed by atoms with van der Waals surface area (Å²) in [6.45, 7) is 0. The maximum absolute atomic E-state index is 14.5. The molecule has 196 valence electrons. The van der Waals surface area contributed by atoms with Crippen LogP contribution in [0.15, 0.2) is 108 Å². The number of Topliss-reactive ketones (excluding diaryl/α,β-unsaturated/α-hetero) is 1. The fourth-order valence-electron chi connectivity index (χ4n) is 3.47. The zero-order chi connectivity index (χ0) is 27.8. The van der Waals surface area contributed by atoms with E-state index in [0.29, 0.717) is 21.7 Å². The Balaban J connectivity index is 1.52. The van der Waals surface area contributed by atoms with Gasteiger partial charge in [0.05, 0.1) is 10.8 Å². The summed E-state index contributed by atoms with van der Waals surface area (Å²) in [4.78, 5) is 39.2. The number of ketones is 1. The largest absolute Gasteiger partial charge is 0.321 e. The van der Waals surface area contributed by atoms with E-state index >= 15 is 0 Å². The molecule has 39 heavy (non-hydrogen) atoms. The van der Waals surface area contributed by atoms with Gasteiger partial charge < -0.3 is 10.6 Å². The molecule has 4 aromatic carbocycles. The van der Waals surface area contributed by atoms with Crippen LogP contribution in [0.4, 0.5) is 14.5 Å². The van der Waals surface area contributed by atoms with Gasteiger partial charge in [0, 0.05) is 27.3 Å². The van der Waals surface area contributed by atoms with Crippen molar-refractivity contribution < 1.29 is 23.2 Å². The normalized spacial score (nSPS) is 11.1. The van der Waals surface area contributed by atoms with Crippen LogP contribution in [-0.4, -0.2) is 23.4 Å². The summed E-state index contributed by atoms with van der Waals surface area (Å²) in [6, 6.07) is 24.4. The van der Waals surface area contributed by atoms with Gasteiger partial charge in [0.2, 0.25) is 0 Å². The van der Waals surface area contributed by atoms with Crippen LogP contribution in [0.5, 0.6) is 0 Å². The molecule has 0 aliphatic rings. The molecule has 9 heteroatoms. The molecular weight excluding hydrogens is 542 g/mol. The lowest BCUT2D eigenvalue weighted by Crippen LogP contribution is -2.30. The van der Waals surface area contributed by atoms with Crippen LogP contribution in [0.3, 0.4) is 0 Å². The van der Waals surface area contributed by atoms with E-state index in [1.807, 2.05) is 0 Å². The third-order valence-corrected chi connectivity index (χ3v) is 6.77. The number of hydrogen-bond acceptors (Lipinski definition) is 4. The number of nitrogens with one attached hydrogen (secondary N) is 2. The zero-order valence-electron chi connectivity index (χ0n) is 20.3. The van der Waals surface area contributed by atoms with E-state index in [9.17, 15) is 23.2 Å². The Morgan fingerprint density at radius 1 is 0.821 bits per heavy atom. The van der Waals surface area contributed by atoms with Crippen LogP contribution in [-0.2, 0) is 4.79 Å². The minimum absolute atomic E-state index is 0.0544. The van der Waals surface area contributed by atoms with Crippen molar-refractivity contribution >= 4 is 52.7 Å². The van der Waals surface area contributed by atoms with Gasteiger partial charge >= 0.3 is 0 Å². The molecule has 0 aromatic heterocycles. The molecule has 0 unspecified atom stereocenters. The minimum Gasteiger partial charge on any atom is -0.321 e. The number of anilines is 1. The van der Waals surface area contributed by atoms with Crippen molar-refractivity contribution in [1.82, 2.24) is 5.32 Å². The number of carbonyl (C=O) groups is 3. The molecule has 2 N–H and O–H groups in total. The molecule has 0 atom stereocenters. The van der Waals surface area contributed by atoms with E-state index in [1.165, 1.54) is 60.3 Å². The summed E-state index contributed by atoms with van der Waals surface area (Å²) >= 11 is 7.39. The maximum atomic E-state index is 14.5. The van der Waals surface area contributed by atoms with Crippen LogP contribution in [0.1, 0.15) is 26.3 Å².